The lowest BCUT2D eigenvalue weighted by Crippen LogP contribution is -2.29. The predicted octanol–water partition coefficient (Wildman–Crippen LogP) is 11.3. The lowest BCUT2D eigenvalue weighted by Gasteiger charge is -2.37. The van der Waals surface area contributed by atoms with Crippen LogP contribution in [0, 0.1) is 11.3 Å². The van der Waals surface area contributed by atoms with Crippen LogP contribution in [0.4, 0.5) is 0 Å². The normalized spacial score (nSPS) is 14.1. The van der Waals surface area contributed by atoms with Crippen molar-refractivity contribution in [2.24, 2.45) is 0 Å². The molecule has 0 aliphatic heterocycles. The number of benzene rings is 6. The highest BCUT2D eigenvalue weighted by atomic mass is 15.0. The molecule has 0 saturated heterocycles. The topological polar surface area (TPSA) is 62.5 Å². The van der Waals surface area contributed by atoms with Crippen molar-refractivity contribution in [2.45, 2.75) is 37.5 Å². The second-order valence-electron chi connectivity index (χ2n) is 13.3. The molecule has 0 atom stereocenters. The van der Waals surface area contributed by atoms with Gasteiger partial charge in [-0.15, -0.1) is 0 Å². The second-order valence-corrected chi connectivity index (χ2v) is 13.3. The summed E-state index contributed by atoms with van der Waals surface area (Å²) in [5.74, 6) is 1.92. The highest BCUT2D eigenvalue weighted by Crippen LogP contribution is 2.59. The molecule has 1 heterocycles. The third-order valence-electron chi connectivity index (χ3n) is 10.6. The molecule has 0 bridgehead atoms. The van der Waals surface area contributed by atoms with Crippen LogP contribution in [0.1, 0.15) is 48.8 Å². The van der Waals surface area contributed by atoms with Crippen molar-refractivity contribution in [3.63, 3.8) is 0 Å². The van der Waals surface area contributed by atoms with Gasteiger partial charge in [0.2, 0.25) is 0 Å². The number of nitriles is 1. The number of hydrogen-bond donors (Lipinski definition) is 0. The summed E-state index contributed by atoms with van der Waals surface area (Å²) < 4.78 is 0. The minimum absolute atomic E-state index is 0.179. The number of rotatable bonds is 5. The molecule has 1 spiro atoms. The molecule has 9 rings (SSSR count). The van der Waals surface area contributed by atoms with Crippen LogP contribution < -0.4 is 0 Å². The van der Waals surface area contributed by atoms with Crippen molar-refractivity contribution >= 4 is 0 Å². The van der Waals surface area contributed by atoms with Crippen molar-refractivity contribution < 1.29 is 0 Å². The van der Waals surface area contributed by atoms with Crippen LogP contribution in [0.25, 0.3) is 67.5 Å². The highest BCUT2D eigenvalue weighted by molar-refractivity contribution is 5.96. The van der Waals surface area contributed by atoms with Crippen molar-refractivity contribution in [1.82, 2.24) is 15.0 Å². The Hall–Kier alpha value is -6.18. The average Bonchev–Trinajstić information content (AvgIpc) is 3.47. The zero-order chi connectivity index (χ0) is 33.5. The molecule has 50 heavy (non-hydrogen) atoms. The van der Waals surface area contributed by atoms with E-state index in [1.165, 1.54) is 39.8 Å². The standard InChI is InChI=1S/C46H34N4/c47-30-33-20-14-25-38-39-27-15-26-37(42(39)46(41(33)38)28-12-3-13-29-46)35-22-9-8-21-34(35)36-23-10-11-24-40(36)45-49-43(31-16-4-1-5-17-31)48-44(50-45)32-18-6-2-7-19-32/h1-2,4-11,14-27H,3,12-13,28-29H2. The van der Waals surface area contributed by atoms with Crippen molar-refractivity contribution in [2.75, 3.05) is 0 Å². The fourth-order valence-corrected chi connectivity index (χ4v) is 8.48. The van der Waals surface area contributed by atoms with Crippen molar-refractivity contribution in [3.05, 3.63) is 162 Å². The molecule has 2 aliphatic carbocycles. The van der Waals surface area contributed by atoms with Crippen molar-refractivity contribution in [3.8, 4) is 73.6 Å². The van der Waals surface area contributed by atoms with Gasteiger partial charge in [0, 0.05) is 22.1 Å². The number of hydrogen-bond acceptors (Lipinski definition) is 4. The van der Waals surface area contributed by atoms with E-state index in [-0.39, 0.29) is 5.41 Å². The number of fused-ring (bicyclic) bond motifs is 5. The smallest absolute Gasteiger partial charge is 0.164 e. The Balaban J connectivity index is 1.26. The Morgan fingerprint density at radius 1 is 0.400 bits per heavy atom. The summed E-state index contributed by atoms with van der Waals surface area (Å²) in [5.41, 5.74) is 13.2. The zero-order valence-electron chi connectivity index (χ0n) is 27.7. The molecule has 238 valence electrons. The molecular formula is C46H34N4. The van der Waals surface area contributed by atoms with Gasteiger partial charge in [-0.25, -0.2) is 15.0 Å². The fraction of sp³-hybridized carbons (Fsp3) is 0.130. The molecule has 6 aromatic carbocycles. The third kappa shape index (κ3) is 4.85. The van der Waals surface area contributed by atoms with Crippen LogP contribution in [-0.4, -0.2) is 15.0 Å². The van der Waals surface area contributed by atoms with Crippen LogP contribution in [0.5, 0.6) is 0 Å². The van der Waals surface area contributed by atoms with E-state index in [2.05, 4.69) is 78.9 Å². The van der Waals surface area contributed by atoms with Gasteiger partial charge < -0.3 is 0 Å². The Morgan fingerprint density at radius 2 is 0.820 bits per heavy atom. The van der Waals surface area contributed by atoms with Gasteiger partial charge in [0.1, 0.15) is 0 Å². The number of aromatic nitrogens is 3. The Bertz CT molecular complexity index is 2360. The Morgan fingerprint density at radius 3 is 1.40 bits per heavy atom. The largest absolute Gasteiger partial charge is 0.208 e. The van der Waals surface area contributed by atoms with E-state index in [9.17, 15) is 5.26 Å². The maximum atomic E-state index is 10.3. The molecule has 4 heteroatoms. The first-order valence-electron chi connectivity index (χ1n) is 17.5. The van der Waals surface area contributed by atoms with Crippen LogP contribution in [0.2, 0.25) is 0 Å². The molecule has 0 N–H and O–H groups in total. The van der Waals surface area contributed by atoms with Crippen LogP contribution in [-0.2, 0) is 5.41 Å². The molecule has 1 saturated carbocycles. The summed E-state index contributed by atoms with van der Waals surface area (Å²) in [6.45, 7) is 0. The van der Waals surface area contributed by atoms with Gasteiger partial charge in [0.25, 0.3) is 0 Å². The molecule has 0 unspecified atom stereocenters. The molecule has 0 radical (unpaired) electrons. The molecule has 1 aromatic heterocycles. The lowest BCUT2D eigenvalue weighted by atomic mass is 9.65. The summed E-state index contributed by atoms with van der Waals surface area (Å²) in [7, 11) is 0. The van der Waals surface area contributed by atoms with Crippen molar-refractivity contribution in [1.29, 1.82) is 5.26 Å². The van der Waals surface area contributed by atoms with E-state index in [0.717, 1.165) is 59.1 Å². The summed E-state index contributed by atoms with van der Waals surface area (Å²) in [5, 5.41) is 10.3. The lowest BCUT2D eigenvalue weighted by molar-refractivity contribution is 0.353. The van der Waals surface area contributed by atoms with E-state index >= 15 is 0 Å². The first kappa shape index (κ1) is 29.9. The number of nitrogens with zero attached hydrogens (tertiary/aromatic N) is 4. The maximum Gasteiger partial charge on any atom is 0.164 e. The molecule has 7 aromatic rings. The van der Waals surface area contributed by atoms with Gasteiger partial charge in [-0.3, -0.25) is 0 Å². The van der Waals surface area contributed by atoms with Gasteiger partial charge in [0.15, 0.2) is 17.5 Å². The summed E-state index contributed by atoms with van der Waals surface area (Å²) >= 11 is 0. The van der Waals surface area contributed by atoms with E-state index in [0.29, 0.717) is 17.5 Å². The van der Waals surface area contributed by atoms with Gasteiger partial charge >= 0.3 is 0 Å². The van der Waals surface area contributed by atoms with Crippen LogP contribution in [0.15, 0.2) is 146 Å². The first-order valence-corrected chi connectivity index (χ1v) is 17.5. The Labute approximate surface area is 292 Å². The van der Waals surface area contributed by atoms with E-state index in [4.69, 9.17) is 15.0 Å². The quantitative estimate of drug-likeness (QED) is 0.187. The summed E-state index contributed by atoms with van der Waals surface area (Å²) in [6, 6.07) is 53.0. The highest BCUT2D eigenvalue weighted by Gasteiger charge is 2.46. The molecule has 4 nitrogen and oxygen atoms in total. The predicted molar refractivity (Wildman–Crippen MR) is 201 cm³/mol. The fourth-order valence-electron chi connectivity index (χ4n) is 8.48. The van der Waals surface area contributed by atoms with Gasteiger partial charge in [-0.05, 0) is 63.4 Å². The van der Waals surface area contributed by atoms with E-state index in [1.54, 1.807) is 0 Å². The minimum Gasteiger partial charge on any atom is -0.208 e. The van der Waals surface area contributed by atoms with Gasteiger partial charge in [-0.1, -0.05) is 159 Å². The van der Waals surface area contributed by atoms with Crippen LogP contribution >= 0.6 is 0 Å². The molecule has 2 aliphatic rings. The van der Waals surface area contributed by atoms with Gasteiger partial charge in [-0.2, -0.15) is 5.26 Å². The third-order valence-corrected chi connectivity index (χ3v) is 10.6. The first-order chi connectivity index (χ1) is 24.7. The maximum absolute atomic E-state index is 10.3. The zero-order valence-corrected chi connectivity index (χ0v) is 27.7. The summed E-state index contributed by atoms with van der Waals surface area (Å²) in [4.78, 5) is 15.2. The Kier molecular flexibility index (Phi) is 7.40. The molecular weight excluding hydrogens is 609 g/mol. The SMILES string of the molecule is N#Cc1cccc2c1C1(CCCCC1)c1c(-c3ccccc3-c3ccccc3-c3nc(-c4ccccc4)nc(-c4ccccc4)n3)cccc1-2. The van der Waals surface area contributed by atoms with E-state index < -0.39 is 0 Å². The van der Waals surface area contributed by atoms with Gasteiger partial charge in [0.05, 0.1) is 11.6 Å². The minimum atomic E-state index is -0.179. The van der Waals surface area contributed by atoms with E-state index in [1.807, 2.05) is 72.8 Å². The molecule has 1 fully saturated rings. The molecule has 0 amide bonds. The average molecular weight is 643 g/mol. The van der Waals surface area contributed by atoms with Crippen LogP contribution in [0.3, 0.4) is 0 Å². The monoisotopic (exact) mass is 642 g/mol. The second kappa shape index (κ2) is 12.4. The summed E-state index contributed by atoms with van der Waals surface area (Å²) in [6.07, 6.45) is 5.65.